The van der Waals surface area contributed by atoms with Crippen molar-refractivity contribution in [3.05, 3.63) is 35.4 Å². The van der Waals surface area contributed by atoms with E-state index in [4.69, 9.17) is 22.7 Å². The Labute approximate surface area is 94.2 Å². The van der Waals surface area contributed by atoms with Crippen molar-refractivity contribution >= 4 is 23.2 Å². The second kappa shape index (κ2) is 5.46. The fourth-order valence-corrected chi connectivity index (χ4v) is 1.34. The van der Waals surface area contributed by atoms with Crippen molar-refractivity contribution in [2.75, 3.05) is 6.61 Å². The molecule has 1 aromatic carbocycles. The smallest absolute Gasteiger partial charge is 0.338 e. The summed E-state index contributed by atoms with van der Waals surface area (Å²) in [6, 6.07) is 7.08. The average molecular weight is 223 g/mol. The van der Waals surface area contributed by atoms with Crippen LogP contribution in [0.15, 0.2) is 24.3 Å². The van der Waals surface area contributed by atoms with Gasteiger partial charge in [0.15, 0.2) is 0 Å². The molecule has 0 spiro atoms. The lowest BCUT2D eigenvalue weighted by Crippen LogP contribution is -2.11. The zero-order valence-corrected chi connectivity index (χ0v) is 9.34. The van der Waals surface area contributed by atoms with Gasteiger partial charge in [-0.1, -0.05) is 24.4 Å². The first-order valence-corrected chi connectivity index (χ1v) is 5.08. The zero-order valence-electron chi connectivity index (χ0n) is 8.53. The highest BCUT2D eigenvalue weighted by Crippen LogP contribution is 2.06. The van der Waals surface area contributed by atoms with Crippen LogP contribution in [-0.2, 0) is 11.2 Å². The van der Waals surface area contributed by atoms with E-state index in [1.54, 1.807) is 19.1 Å². The van der Waals surface area contributed by atoms with Gasteiger partial charge >= 0.3 is 5.97 Å². The molecule has 1 rings (SSSR count). The Balaban J connectivity index is 2.71. The Morgan fingerprint density at radius 1 is 1.40 bits per heavy atom. The molecule has 80 valence electrons. The van der Waals surface area contributed by atoms with Crippen LogP contribution in [0.1, 0.15) is 22.8 Å². The molecule has 0 aromatic heterocycles. The molecule has 0 heterocycles. The summed E-state index contributed by atoms with van der Waals surface area (Å²) in [5, 5.41) is 0. The summed E-state index contributed by atoms with van der Waals surface area (Å²) in [4.78, 5) is 11.7. The lowest BCUT2D eigenvalue weighted by molar-refractivity contribution is 0.0526. The van der Waals surface area contributed by atoms with Crippen LogP contribution in [0.3, 0.4) is 0 Å². The quantitative estimate of drug-likeness (QED) is 0.623. The highest BCUT2D eigenvalue weighted by Gasteiger charge is 2.05. The normalized spacial score (nSPS) is 9.67. The van der Waals surface area contributed by atoms with Gasteiger partial charge in [0, 0.05) is 6.42 Å². The molecule has 0 saturated carbocycles. The molecule has 0 unspecified atom stereocenters. The second-order valence-corrected chi connectivity index (χ2v) is 3.58. The molecule has 4 heteroatoms. The van der Waals surface area contributed by atoms with Crippen LogP contribution >= 0.6 is 12.2 Å². The van der Waals surface area contributed by atoms with Gasteiger partial charge < -0.3 is 10.5 Å². The summed E-state index contributed by atoms with van der Waals surface area (Å²) < 4.78 is 4.86. The molecular formula is C11H13NO2S. The van der Waals surface area contributed by atoms with E-state index in [2.05, 4.69) is 0 Å². The van der Waals surface area contributed by atoms with Crippen LogP contribution in [0.5, 0.6) is 0 Å². The van der Waals surface area contributed by atoms with Gasteiger partial charge in [-0.2, -0.15) is 0 Å². The summed E-state index contributed by atoms with van der Waals surface area (Å²) in [6.07, 6.45) is 0.554. The predicted molar refractivity (Wildman–Crippen MR) is 62.9 cm³/mol. The minimum absolute atomic E-state index is 0.306. The van der Waals surface area contributed by atoms with Gasteiger partial charge in [0.2, 0.25) is 0 Å². The van der Waals surface area contributed by atoms with Crippen LogP contribution < -0.4 is 5.73 Å². The molecule has 0 saturated heterocycles. The molecule has 0 aliphatic carbocycles. The van der Waals surface area contributed by atoms with Gasteiger partial charge in [-0.05, 0) is 24.6 Å². The maximum Gasteiger partial charge on any atom is 0.338 e. The fraction of sp³-hybridized carbons (Fsp3) is 0.273. The van der Waals surface area contributed by atoms with E-state index in [1.165, 1.54) is 0 Å². The van der Waals surface area contributed by atoms with Crippen molar-refractivity contribution in [1.82, 2.24) is 0 Å². The first-order valence-electron chi connectivity index (χ1n) is 4.68. The number of carbonyl (C=O) groups is 1. The second-order valence-electron chi connectivity index (χ2n) is 3.06. The third-order valence-electron chi connectivity index (χ3n) is 1.84. The van der Waals surface area contributed by atoms with E-state index in [0.29, 0.717) is 23.6 Å². The molecule has 3 nitrogen and oxygen atoms in total. The number of carbonyl (C=O) groups excluding carboxylic acids is 1. The highest BCUT2D eigenvalue weighted by atomic mass is 32.1. The van der Waals surface area contributed by atoms with Gasteiger partial charge in [0.05, 0.1) is 17.2 Å². The number of hydrogen-bond acceptors (Lipinski definition) is 3. The largest absolute Gasteiger partial charge is 0.462 e. The first kappa shape index (κ1) is 11.7. The van der Waals surface area contributed by atoms with E-state index < -0.39 is 0 Å². The van der Waals surface area contributed by atoms with Gasteiger partial charge in [-0.3, -0.25) is 0 Å². The van der Waals surface area contributed by atoms with E-state index in [-0.39, 0.29) is 5.97 Å². The third kappa shape index (κ3) is 3.67. The molecular weight excluding hydrogens is 210 g/mol. The van der Waals surface area contributed by atoms with Crippen LogP contribution in [0.2, 0.25) is 0 Å². The van der Waals surface area contributed by atoms with Crippen molar-refractivity contribution in [3.8, 4) is 0 Å². The van der Waals surface area contributed by atoms with Crippen molar-refractivity contribution in [1.29, 1.82) is 0 Å². The first-order chi connectivity index (χ1) is 7.13. The van der Waals surface area contributed by atoms with E-state index in [0.717, 1.165) is 5.56 Å². The van der Waals surface area contributed by atoms with Crippen LogP contribution in [0, 0.1) is 0 Å². The molecule has 0 aliphatic rings. The van der Waals surface area contributed by atoms with Gasteiger partial charge in [0.1, 0.15) is 0 Å². The standard InChI is InChI=1S/C11H13NO2S/c1-2-14-11(13)9-5-3-8(4-6-9)7-10(12)15/h3-6H,2,7H2,1H3,(H2,12,15). The molecule has 0 atom stereocenters. The predicted octanol–water partition coefficient (Wildman–Crippen LogP) is 1.69. The number of thiocarbonyl (C=S) groups is 1. The van der Waals surface area contributed by atoms with E-state index >= 15 is 0 Å². The highest BCUT2D eigenvalue weighted by molar-refractivity contribution is 7.80. The Morgan fingerprint density at radius 3 is 2.47 bits per heavy atom. The lowest BCUT2D eigenvalue weighted by atomic mass is 10.1. The fourth-order valence-electron chi connectivity index (χ4n) is 1.17. The number of rotatable bonds is 4. The van der Waals surface area contributed by atoms with E-state index in [9.17, 15) is 4.79 Å². The Bertz CT molecular complexity index is 359. The van der Waals surface area contributed by atoms with Crippen LogP contribution in [0.25, 0.3) is 0 Å². The SMILES string of the molecule is CCOC(=O)c1ccc(CC(N)=S)cc1. The monoisotopic (exact) mass is 223 g/mol. The topological polar surface area (TPSA) is 52.3 Å². The summed E-state index contributed by atoms with van der Waals surface area (Å²) in [7, 11) is 0. The minimum atomic E-state index is -0.306. The summed E-state index contributed by atoms with van der Waals surface area (Å²) in [6.45, 7) is 2.16. The number of hydrogen-bond donors (Lipinski definition) is 1. The summed E-state index contributed by atoms with van der Waals surface area (Å²) in [5.41, 5.74) is 6.95. The number of esters is 1. The zero-order chi connectivity index (χ0) is 11.3. The number of benzene rings is 1. The Hall–Kier alpha value is -1.42. The average Bonchev–Trinajstić information content (AvgIpc) is 2.18. The van der Waals surface area contributed by atoms with Gasteiger partial charge in [0.25, 0.3) is 0 Å². The third-order valence-corrected chi connectivity index (χ3v) is 1.99. The summed E-state index contributed by atoms with van der Waals surface area (Å²) in [5.74, 6) is -0.306. The molecule has 1 aromatic rings. The van der Waals surface area contributed by atoms with Crippen LogP contribution in [0.4, 0.5) is 0 Å². The molecule has 0 amide bonds. The molecule has 0 radical (unpaired) electrons. The number of nitrogens with two attached hydrogens (primary N) is 1. The maximum absolute atomic E-state index is 11.3. The molecule has 0 bridgehead atoms. The molecule has 15 heavy (non-hydrogen) atoms. The van der Waals surface area contributed by atoms with Gasteiger partial charge in [-0.25, -0.2) is 4.79 Å². The number of ether oxygens (including phenoxy) is 1. The minimum Gasteiger partial charge on any atom is -0.462 e. The lowest BCUT2D eigenvalue weighted by Gasteiger charge is -2.03. The summed E-state index contributed by atoms with van der Waals surface area (Å²) >= 11 is 4.79. The maximum atomic E-state index is 11.3. The molecule has 2 N–H and O–H groups in total. The van der Waals surface area contributed by atoms with E-state index in [1.807, 2.05) is 12.1 Å². The van der Waals surface area contributed by atoms with Crippen molar-refractivity contribution in [2.45, 2.75) is 13.3 Å². The molecule has 0 fully saturated rings. The molecule has 0 aliphatic heterocycles. The van der Waals surface area contributed by atoms with Crippen molar-refractivity contribution < 1.29 is 9.53 Å². The van der Waals surface area contributed by atoms with Crippen LogP contribution in [-0.4, -0.2) is 17.6 Å². The Kier molecular flexibility index (Phi) is 4.24. The van der Waals surface area contributed by atoms with Gasteiger partial charge in [-0.15, -0.1) is 0 Å². The Morgan fingerprint density at radius 2 is 2.00 bits per heavy atom. The van der Waals surface area contributed by atoms with Crippen molar-refractivity contribution in [2.24, 2.45) is 5.73 Å². The van der Waals surface area contributed by atoms with Crippen molar-refractivity contribution in [3.63, 3.8) is 0 Å².